The van der Waals surface area contributed by atoms with Crippen LogP contribution in [0.25, 0.3) is 0 Å². The quantitative estimate of drug-likeness (QED) is 0.619. The molecule has 2 amide bonds. The Morgan fingerprint density at radius 3 is 2.27 bits per heavy atom. The van der Waals surface area contributed by atoms with E-state index in [4.69, 9.17) is 0 Å². The van der Waals surface area contributed by atoms with Crippen LogP contribution in [0.4, 0.5) is 5.69 Å². The highest BCUT2D eigenvalue weighted by Gasteiger charge is 2.56. The molecule has 1 aromatic rings. The van der Waals surface area contributed by atoms with Crippen LogP contribution in [0.2, 0.25) is 0 Å². The number of esters is 1. The van der Waals surface area contributed by atoms with Gasteiger partial charge in [0.15, 0.2) is 0 Å². The standard InChI is InChI=1S/C16H20N2O4/c1-3-10-17-14(20)16(8-9-16)15(21)18-12-6-4-11(5-7-12)13(19)22-2/h4-7H,3,8-10H2,1-2H3,(H,17,20)(H,18,21). The Morgan fingerprint density at radius 2 is 1.77 bits per heavy atom. The molecule has 2 rings (SSSR count). The van der Waals surface area contributed by atoms with Crippen LogP contribution >= 0.6 is 0 Å². The van der Waals surface area contributed by atoms with E-state index in [0.29, 0.717) is 30.6 Å². The second-order valence-corrected chi connectivity index (χ2v) is 5.36. The molecule has 6 nitrogen and oxygen atoms in total. The molecule has 0 bridgehead atoms. The highest BCUT2D eigenvalue weighted by molar-refractivity contribution is 6.13. The molecule has 1 saturated carbocycles. The van der Waals surface area contributed by atoms with Gasteiger partial charge in [0, 0.05) is 12.2 Å². The van der Waals surface area contributed by atoms with E-state index < -0.39 is 11.4 Å². The van der Waals surface area contributed by atoms with Gasteiger partial charge in [-0.3, -0.25) is 9.59 Å². The van der Waals surface area contributed by atoms with Crippen molar-refractivity contribution < 1.29 is 19.1 Å². The van der Waals surface area contributed by atoms with Crippen LogP contribution in [0.1, 0.15) is 36.5 Å². The molecule has 0 heterocycles. The summed E-state index contributed by atoms with van der Waals surface area (Å²) in [6.07, 6.45) is 1.96. The SMILES string of the molecule is CCCNC(=O)C1(C(=O)Nc2ccc(C(=O)OC)cc2)CC1. The van der Waals surface area contributed by atoms with Gasteiger partial charge in [0.05, 0.1) is 12.7 Å². The Kier molecular flexibility index (Phi) is 4.80. The maximum atomic E-state index is 12.3. The summed E-state index contributed by atoms with van der Waals surface area (Å²) in [5.41, 5.74) is 0.0189. The van der Waals surface area contributed by atoms with E-state index in [9.17, 15) is 14.4 Å². The third kappa shape index (κ3) is 3.27. The second kappa shape index (κ2) is 6.60. The van der Waals surface area contributed by atoms with Crippen molar-refractivity contribution >= 4 is 23.5 Å². The van der Waals surface area contributed by atoms with Crippen LogP contribution in [0.5, 0.6) is 0 Å². The van der Waals surface area contributed by atoms with Gasteiger partial charge in [-0.25, -0.2) is 4.79 Å². The van der Waals surface area contributed by atoms with Crippen LogP contribution < -0.4 is 10.6 Å². The number of methoxy groups -OCH3 is 1. The van der Waals surface area contributed by atoms with Crippen molar-refractivity contribution in [2.75, 3.05) is 19.0 Å². The van der Waals surface area contributed by atoms with E-state index in [1.807, 2.05) is 6.92 Å². The van der Waals surface area contributed by atoms with Crippen molar-refractivity contribution in [3.8, 4) is 0 Å². The first-order valence-corrected chi connectivity index (χ1v) is 7.31. The molecule has 2 N–H and O–H groups in total. The number of amides is 2. The number of anilines is 1. The molecule has 0 aliphatic heterocycles. The summed E-state index contributed by atoms with van der Waals surface area (Å²) in [6, 6.07) is 6.37. The zero-order valence-electron chi connectivity index (χ0n) is 12.8. The lowest BCUT2D eigenvalue weighted by molar-refractivity contribution is -0.134. The summed E-state index contributed by atoms with van der Waals surface area (Å²) in [5, 5.41) is 5.51. The monoisotopic (exact) mass is 304 g/mol. The van der Waals surface area contributed by atoms with Gasteiger partial charge in [-0.15, -0.1) is 0 Å². The molecular formula is C16H20N2O4. The molecule has 0 atom stereocenters. The number of hydrogen-bond acceptors (Lipinski definition) is 4. The molecule has 1 aromatic carbocycles. The van der Waals surface area contributed by atoms with Gasteiger partial charge >= 0.3 is 5.97 Å². The van der Waals surface area contributed by atoms with E-state index in [1.165, 1.54) is 7.11 Å². The fourth-order valence-electron chi connectivity index (χ4n) is 2.15. The highest BCUT2D eigenvalue weighted by atomic mass is 16.5. The lowest BCUT2D eigenvalue weighted by Gasteiger charge is -2.15. The van der Waals surface area contributed by atoms with Crippen LogP contribution in [0.3, 0.4) is 0 Å². The normalized spacial score (nSPS) is 14.8. The maximum absolute atomic E-state index is 12.3. The average Bonchev–Trinajstić information content (AvgIpc) is 3.34. The van der Waals surface area contributed by atoms with E-state index >= 15 is 0 Å². The van der Waals surface area contributed by atoms with Gasteiger partial charge in [-0.1, -0.05) is 6.92 Å². The van der Waals surface area contributed by atoms with Gasteiger partial charge in [0.25, 0.3) is 0 Å². The van der Waals surface area contributed by atoms with Gasteiger partial charge in [-0.2, -0.15) is 0 Å². The number of hydrogen-bond donors (Lipinski definition) is 2. The number of nitrogens with one attached hydrogen (secondary N) is 2. The first kappa shape index (κ1) is 16.0. The van der Waals surface area contributed by atoms with Crippen molar-refractivity contribution in [1.82, 2.24) is 5.32 Å². The lowest BCUT2D eigenvalue weighted by Crippen LogP contribution is -2.40. The van der Waals surface area contributed by atoms with Crippen LogP contribution in [0.15, 0.2) is 24.3 Å². The van der Waals surface area contributed by atoms with Crippen LogP contribution in [-0.2, 0) is 14.3 Å². The summed E-state index contributed by atoms with van der Waals surface area (Å²) in [5.74, 6) is -0.944. The van der Waals surface area contributed by atoms with Crippen LogP contribution in [-0.4, -0.2) is 31.4 Å². The number of carbonyl (C=O) groups is 3. The van der Waals surface area contributed by atoms with E-state index in [0.717, 1.165) is 6.42 Å². The smallest absolute Gasteiger partial charge is 0.337 e. The second-order valence-electron chi connectivity index (χ2n) is 5.36. The zero-order valence-corrected chi connectivity index (χ0v) is 12.8. The predicted octanol–water partition coefficient (Wildman–Crippen LogP) is 1.72. The van der Waals surface area contributed by atoms with E-state index in [2.05, 4.69) is 15.4 Å². The molecule has 6 heteroatoms. The molecule has 1 aliphatic rings. The molecule has 1 aliphatic carbocycles. The minimum absolute atomic E-state index is 0.210. The fourth-order valence-corrected chi connectivity index (χ4v) is 2.15. The Hall–Kier alpha value is -2.37. The third-order valence-corrected chi connectivity index (χ3v) is 3.72. The Bertz CT molecular complexity index is 576. The molecule has 0 spiro atoms. The topological polar surface area (TPSA) is 84.5 Å². The highest BCUT2D eigenvalue weighted by Crippen LogP contribution is 2.46. The summed E-state index contributed by atoms with van der Waals surface area (Å²) in [6.45, 7) is 2.53. The fraction of sp³-hybridized carbons (Fsp3) is 0.438. The summed E-state index contributed by atoms with van der Waals surface area (Å²) in [7, 11) is 1.31. The van der Waals surface area contributed by atoms with E-state index in [1.54, 1.807) is 24.3 Å². The minimum Gasteiger partial charge on any atom is -0.465 e. The Balaban J connectivity index is 2.00. The molecule has 118 valence electrons. The molecule has 0 unspecified atom stereocenters. The van der Waals surface area contributed by atoms with Crippen molar-refractivity contribution in [3.05, 3.63) is 29.8 Å². The number of ether oxygens (including phenoxy) is 1. The number of carbonyl (C=O) groups excluding carboxylic acids is 3. The first-order chi connectivity index (χ1) is 10.5. The summed E-state index contributed by atoms with van der Waals surface area (Å²) < 4.78 is 4.61. The average molecular weight is 304 g/mol. The third-order valence-electron chi connectivity index (χ3n) is 3.72. The molecule has 0 saturated heterocycles. The van der Waals surface area contributed by atoms with Gasteiger partial charge in [-0.05, 0) is 43.5 Å². The number of rotatable bonds is 6. The summed E-state index contributed by atoms with van der Waals surface area (Å²) >= 11 is 0. The molecule has 0 aromatic heterocycles. The van der Waals surface area contributed by atoms with Gasteiger partial charge in [0.2, 0.25) is 11.8 Å². The predicted molar refractivity (Wildman–Crippen MR) is 81.4 cm³/mol. The molecule has 1 fully saturated rings. The lowest BCUT2D eigenvalue weighted by atomic mass is 10.0. The van der Waals surface area contributed by atoms with Gasteiger partial charge in [0.1, 0.15) is 5.41 Å². The van der Waals surface area contributed by atoms with Crippen molar-refractivity contribution in [2.45, 2.75) is 26.2 Å². The van der Waals surface area contributed by atoms with Crippen molar-refractivity contribution in [2.24, 2.45) is 5.41 Å². The Morgan fingerprint density at radius 1 is 1.14 bits per heavy atom. The van der Waals surface area contributed by atoms with Gasteiger partial charge < -0.3 is 15.4 Å². The van der Waals surface area contributed by atoms with Crippen molar-refractivity contribution in [1.29, 1.82) is 0 Å². The van der Waals surface area contributed by atoms with E-state index in [-0.39, 0.29) is 11.8 Å². The molecule has 0 radical (unpaired) electrons. The Labute approximate surface area is 129 Å². The largest absolute Gasteiger partial charge is 0.465 e. The maximum Gasteiger partial charge on any atom is 0.337 e. The molecule has 22 heavy (non-hydrogen) atoms. The van der Waals surface area contributed by atoms with Crippen molar-refractivity contribution in [3.63, 3.8) is 0 Å². The van der Waals surface area contributed by atoms with Crippen LogP contribution in [0, 0.1) is 5.41 Å². The minimum atomic E-state index is -0.934. The number of benzene rings is 1. The molecular weight excluding hydrogens is 284 g/mol. The zero-order chi connectivity index (χ0) is 16.2. The summed E-state index contributed by atoms with van der Waals surface area (Å²) in [4.78, 5) is 35.7. The first-order valence-electron chi connectivity index (χ1n) is 7.31.